The van der Waals surface area contributed by atoms with E-state index in [1.807, 2.05) is 0 Å². The summed E-state index contributed by atoms with van der Waals surface area (Å²) in [5.74, 6) is -2.43. The van der Waals surface area contributed by atoms with Crippen LogP contribution in [0.25, 0.3) is 11.4 Å². The second-order valence-corrected chi connectivity index (χ2v) is 4.39. The molecule has 22 heavy (non-hydrogen) atoms. The zero-order valence-electron chi connectivity index (χ0n) is 11.2. The van der Waals surface area contributed by atoms with Crippen LogP contribution in [0, 0.1) is 0 Å². The number of rotatable bonds is 5. The minimum Gasteiger partial charge on any atom is -0.478 e. The summed E-state index contributed by atoms with van der Waals surface area (Å²) in [6.45, 7) is -0.945. The first-order valence-electron chi connectivity index (χ1n) is 6.15. The molecular weight excluding hydrogens is 292 g/mol. The van der Waals surface area contributed by atoms with E-state index in [1.54, 1.807) is 0 Å². The molecule has 0 aliphatic heterocycles. The van der Waals surface area contributed by atoms with Gasteiger partial charge in [0.1, 0.15) is 0 Å². The van der Waals surface area contributed by atoms with Gasteiger partial charge in [-0.1, -0.05) is 0 Å². The topological polar surface area (TPSA) is 141 Å². The molecule has 0 amide bonds. The predicted molar refractivity (Wildman–Crippen MR) is 73.2 cm³/mol. The summed E-state index contributed by atoms with van der Waals surface area (Å²) in [5, 5.41) is 36.4. The molecule has 0 unspecified atom stereocenters. The van der Waals surface area contributed by atoms with Crippen LogP contribution >= 0.6 is 0 Å². The first kappa shape index (κ1) is 15.5. The summed E-state index contributed by atoms with van der Waals surface area (Å²) in [6, 6.07) is 4.85. The van der Waals surface area contributed by atoms with E-state index in [-0.39, 0.29) is 33.9 Å². The first-order valence-corrected chi connectivity index (χ1v) is 6.15. The summed E-state index contributed by atoms with van der Waals surface area (Å²) in [4.78, 5) is 30.2. The molecule has 0 aromatic carbocycles. The lowest BCUT2D eigenvalue weighted by Gasteiger charge is -2.07. The van der Waals surface area contributed by atoms with Crippen molar-refractivity contribution in [1.29, 1.82) is 0 Å². The Labute approximate surface area is 124 Å². The molecule has 0 spiro atoms. The number of hydrogen-bond acceptors (Lipinski definition) is 6. The highest BCUT2D eigenvalue weighted by Gasteiger charge is 2.14. The van der Waals surface area contributed by atoms with E-state index in [0.717, 1.165) is 0 Å². The molecule has 2 aromatic heterocycles. The molecule has 0 saturated heterocycles. The molecule has 2 aromatic rings. The largest absolute Gasteiger partial charge is 0.478 e. The van der Waals surface area contributed by atoms with Crippen molar-refractivity contribution in [2.75, 3.05) is 0 Å². The highest BCUT2D eigenvalue weighted by Crippen LogP contribution is 2.20. The first-order chi connectivity index (χ1) is 10.4. The lowest BCUT2D eigenvalue weighted by molar-refractivity contribution is 0.0685. The van der Waals surface area contributed by atoms with Crippen LogP contribution < -0.4 is 0 Å². The summed E-state index contributed by atoms with van der Waals surface area (Å²) >= 11 is 0. The Hall–Kier alpha value is -2.84. The van der Waals surface area contributed by atoms with Gasteiger partial charge in [0.15, 0.2) is 0 Å². The highest BCUT2D eigenvalue weighted by molar-refractivity contribution is 5.90. The average molecular weight is 304 g/mol. The van der Waals surface area contributed by atoms with E-state index in [1.165, 1.54) is 24.3 Å². The Morgan fingerprint density at radius 3 is 1.41 bits per heavy atom. The Morgan fingerprint density at radius 1 is 0.773 bits per heavy atom. The third-order valence-electron chi connectivity index (χ3n) is 2.84. The number of aromatic carboxylic acids is 2. The van der Waals surface area contributed by atoms with E-state index in [0.29, 0.717) is 0 Å². The number of aliphatic hydroxyl groups is 2. The fraction of sp³-hybridized carbons (Fsp3) is 0.143. The van der Waals surface area contributed by atoms with Gasteiger partial charge in [0.25, 0.3) is 0 Å². The number of pyridine rings is 2. The number of aliphatic hydroxyl groups excluding tert-OH is 2. The van der Waals surface area contributed by atoms with Gasteiger partial charge in [-0.15, -0.1) is 0 Å². The lowest BCUT2D eigenvalue weighted by Crippen LogP contribution is -2.05. The molecule has 0 aliphatic rings. The van der Waals surface area contributed by atoms with E-state index in [2.05, 4.69) is 9.97 Å². The predicted octanol–water partition coefficient (Wildman–Crippen LogP) is 0.525. The maximum Gasteiger partial charge on any atom is 0.335 e. The van der Waals surface area contributed by atoms with Crippen LogP contribution in [0.15, 0.2) is 24.3 Å². The van der Waals surface area contributed by atoms with E-state index in [4.69, 9.17) is 20.4 Å². The van der Waals surface area contributed by atoms with Gasteiger partial charge in [-0.2, -0.15) is 0 Å². The van der Waals surface area contributed by atoms with E-state index < -0.39 is 25.2 Å². The maximum absolute atomic E-state index is 11.1. The Balaban J connectivity index is 2.64. The van der Waals surface area contributed by atoms with Crippen LogP contribution in [0.3, 0.4) is 0 Å². The molecule has 8 nitrogen and oxygen atoms in total. The van der Waals surface area contributed by atoms with Crippen molar-refractivity contribution >= 4 is 11.9 Å². The van der Waals surface area contributed by atoms with Gasteiger partial charge in [0.05, 0.1) is 47.1 Å². The normalized spacial score (nSPS) is 10.5. The fourth-order valence-corrected chi connectivity index (χ4v) is 1.85. The van der Waals surface area contributed by atoms with Crippen molar-refractivity contribution in [3.63, 3.8) is 0 Å². The van der Waals surface area contributed by atoms with Crippen LogP contribution in [0.4, 0.5) is 0 Å². The van der Waals surface area contributed by atoms with Gasteiger partial charge in [-0.25, -0.2) is 19.6 Å². The smallest absolute Gasteiger partial charge is 0.335 e. The summed E-state index contributed by atoms with van der Waals surface area (Å²) in [5.41, 5.74) is 0.207. The number of carbonyl (C=O) groups is 2. The Kier molecular flexibility index (Phi) is 4.44. The zero-order chi connectivity index (χ0) is 16.3. The molecular formula is C14H12N2O6. The van der Waals surface area contributed by atoms with E-state index in [9.17, 15) is 9.59 Å². The van der Waals surface area contributed by atoms with Crippen LogP contribution in [0.2, 0.25) is 0 Å². The molecule has 2 heterocycles. The highest BCUT2D eigenvalue weighted by atomic mass is 16.4. The van der Waals surface area contributed by atoms with Crippen LogP contribution in [-0.4, -0.2) is 42.3 Å². The third-order valence-corrected chi connectivity index (χ3v) is 2.84. The maximum atomic E-state index is 11.1. The molecule has 4 N–H and O–H groups in total. The lowest BCUT2D eigenvalue weighted by atomic mass is 10.1. The number of carboxylic acids is 2. The number of carboxylic acid groups (broad SMARTS) is 2. The van der Waals surface area contributed by atoms with Crippen molar-refractivity contribution in [2.24, 2.45) is 0 Å². The second kappa shape index (κ2) is 6.29. The summed E-state index contributed by atoms with van der Waals surface area (Å²) < 4.78 is 0. The van der Waals surface area contributed by atoms with Gasteiger partial charge in [0.2, 0.25) is 0 Å². The number of nitrogens with zero attached hydrogens (tertiary/aromatic N) is 2. The monoisotopic (exact) mass is 304 g/mol. The van der Waals surface area contributed by atoms with Gasteiger partial charge in [-0.05, 0) is 24.3 Å². The Bertz CT molecular complexity index is 681. The van der Waals surface area contributed by atoms with Crippen molar-refractivity contribution < 1.29 is 30.0 Å². The molecule has 0 saturated carbocycles. The zero-order valence-corrected chi connectivity index (χ0v) is 11.2. The number of hydrogen-bond donors (Lipinski definition) is 4. The van der Waals surface area contributed by atoms with Gasteiger partial charge < -0.3 is 20.4 Å². The SMILES string of the molecule is O=C(O)c1cc(CO)nc(-c2cc(C(=O)O)cc(CO)n2)c1. The Morgan fingerprint density at radius 2 is 1.14 bits per heavy atom. The molecule has 114 valence electrons. The quantitative estimate of drug-likeness (QED) is 0.626. The molecule has 0 atom stereocenters. The van der Waals surface area contributed by atoms with Crippen LogP contribution in [0.1, 0.15) is 32.1 Å². The van der Waals surface area contributed by atoms with Crippen LogP contribution in [0.5, 0.6) is 0 Å². The average Bonchev–Trinajstić information content (AvgIpc) is 2.53. The molecule has 8 heteroatoms. The molecule has 0 aliphatic carbocycles. The van der Waals surface area contributed by atoms with Crippen molar-refractivity contribution in [3.8, 4) is 11.4 Å². The van der Waals surface area contributed by atoms with Crippen molar-refractivity contribution in [3.05, 3.63) is 46.8 Å². The fourth-order valence-electron chi connectivity index (χ4n) is 1.85. The van der Waals surface area contributed by atoms with Crippen LogP contribution in [-0.2, 0) is 13.2 Å². The van der Waals surface area contributed by atoms with Gasteiger partial charge >= 0.3 is 11.9 Å². The third kappa shape index (κ3) is 3.25. The van der Waals surface area contributed by atoms with E-state index >= 15 is 0 Å². The minimum atomic E-state index is -1.21. The van der Waals surface area contributed by atoms with Gasteiger partial charge in [0, 0.05) is 0 Å². The molecule has 2 rings (SSSR count). The standard InChI is InChI=1S/C14H12N2O6/c17-5-9-1-7(13(19)20)3-11(15-9)12-4-8(14(21)22)2-10(6-18)16-12/h1-4,17-18H,5-6H2,(H,19,20)(H,21,22). The number of aromatic nitrogens is 2. The second-order valence-electron chi connectivity index (χ2n) is 4.39. The molecule has 0 radical (unpaired) electrons. The summed E-state index contributed by atoms with van der Waals surface area (Å²) in [7, 11) is 0. The van der Waals surface area contributed by atoms with Gasteiger partial charge in [-0.3, -0.25) is 0 Å². The molecule has 0 fully saturated rings. The van der Waals surface area contributed by atoms with Crippen molar-refractivity contribution in [2.45, 2.75) is 13.2 Å². The van der Waals surface area contributed by atoms with Crippen molar-refractivity contribution in [1.82, 2.24) is 9.97 Å². The summed E-state index contributed by atoms with van der Waals surface area (Å²) in [6.07, 6.45) is 0. The molecule has 0 bridgehead atoms. The minimum absolute atomic E-state index is 0.0988.